The van der Waals surface area contributed by atoms with Gasteiger partial charge >= 0.3 is 0 Å². The van der Waals surface area contributed by atoms with Crippen LogP contribution in [0.15, 0.2) is 24.3 Å². The maximum Gasteiger partial charge on any atom is 0.161 e. The Bertz CT molecular complexity index is 549. The van der Waals surface area contributed by atoms with Gasteiger partial charge in [-0.2, -0.15) is 0 Å². The highest BCUT2D eigenvalue weighted by Gasteiger charge is 2.10. The smallest absolute Gasteiger partial charge is 0.161 e. The maximum atomic E-state index is 11.5. The van der Waals surface area contributed by atoms with Crippen molar-refractivity contribution in [2.45, 2.75) is 13.8 Å². The zero-order chi connectivity index (χ0) is 11.0. The Morgan fingerprint density at radius 1 is 1.27 bits per heavy atom. The number of Topliss-reactive ketones (excluding diaryl/α,β-unsaturated/α-hetero) is 1. The van der Waals surface area contributed by atoms with E-state index in [2.05, 4.69) is 4.98 Å². The van der Waals surface area contributed by atoms with Gasteiger partial charge in [-0.15, -0.1) is 0 Å². The quantitative estimate of drug-likeness (QED) is 0.688. The van der Waals surface area contributed by atoms with Crippen LogP contribution in [0.4, 0.5) is 0 Å². The van der Waals surface area contributed by atoms with E-state index in [9.17, 15) is 4.79 Å². The van der Waals surface area contributed by atoms with E-state index in [1.807, 2.05) is 25.1 Å². The number of aromatic nitrogens is 1. The van der Waals surface area contributed by atoms with Crippen LogP contribution in [-0.4, -0.2) is 10.8 Å². The number of halogens is 1. The number of pyridine rings is 1. The number of carbonyl (C=O) groups is 1. The first kappa shape index (κ1) is 10.1. The second-order valence-corrected chi connectivity index (χ2v) is 3.91. The number of rotatable bonds is 1. The molecule has 1 heterocycles. The normalized spacial score (nSPS) is 10.6. The number of carbonyl (C=O) groups excluding carboxylic acids is 1. The van der Waals surface area contributed by atoms with E-state index < -0.39 is 0 Å². The van der Waals surface area contributed by atoms with Crippen molar-refractivity contribution < 1.29 is 4.79 Å². The van der Waals surface area contributed by atoms with E-state index in [4.69, 9.17) is 11.6 Å². The lowest BCUT2D eigenvalue weighted by Gasteiger charge is -2.05. The third-order valence-electron chi connectivity index (χ3n) is 2.31. The average molecular weight is 220 g/mol. The Morgan fingerprint density at radius 2 is 2.00 bits per heavy atom. The van der Waals surface area contributed by atoms with Gasteiger partial charge in [0.1, 0.15) is 0 Å². The Kier molecular flexibility index (Phi) is 2.45. The van der Waals surface area contributed by atoms with Gasteiger partial charge in [0, 0.05) is 16.6 Å². The van der Waals surface area contributed by atoms with Gasteiger partial charge in [0.2, 0.25) is 0 Å². The van der Waals surface area contributed by atoms with Gasteiger partial charge in [0.15, 0.2) is 5.78 Å². The minimum atomic E-state index is -0.0312. The molecule has 0 unspecified atom stereocenters. The van der Waals surface area contributed by atoms with Gasteiger partial charge in [-0.3, -0.25) is 9.78 Å². The predicted octanol–water partition coefficient (Wildman–Crippen LogP) is 3.40. The van der Waals surface area contributed by atoms with Gasteiger partial charge in [-0.25, -0.2) is 0 Å². The van der Waals surface area contributed by atoms with Crippen molar-refractivity contribution in [2.75, 3.05) is 0 Å². The second-order valence-electron chi connectivity index (χ2n) is 3.50. The molecule has 1 aromatic carbocycles. The molecule has 0 fully saturated rings. The number of fused-ring (bicyclic) bond motifs is 1. The van der Waals surface area contributed by atoms with Crippen molar-refractivity contribution in [3.63, 3.8) is 0 Å². The third-order valence-corrected chi connectivity index (χ3v) is 2.63. The Hall–Kier alpha value is -1.41. The van der Waals surface area contributed by atoms with Gasteiger partial charge in [-0.1, -0.05) is 17.7 Å². The van der Waals surface area contributed by atoms with E-state index in [0.29, 0.717) is 10.6 Å². The predicted molar refractivity (Wildman–Crippen MR) is 61.5 cm³/mol. The monoisotopic (exact) mass is 219 g/mol. The van der Waals surface area contributed by atoms with Gasteiger partial charge < -0.3 is 0 Å². The Balaban J connectivity index is 2.88. The van der Waals surface area contributed by atoms with E-state index in [-0.39, 0.29) is 5.78 Å². The van der Waals surface area contributed by atoms with Crippen LogP contribution < -0.4 is 0 Å². The Labute approximate surface area is 92.9 Å². The van der Waals surface area contributed by atoms with Crippen LogP contribution in [0.25, 0.3) is 10.9 Å². The van der Waals surface area contributed by atoms with Crippen LogP contribution in [0.3, 0.4) is 0 Å². The molecule has 2 nitrogen and oxygen atoms in total. The molecule has 0 radical (unpaired) electrons. The van der Waals surface area contributed by atoms with Crippen LogP contribution in [0.2, 0.25) is 5.02 Å². The number of benzene rings is 1. The van der Waals surface area contributed by atoms with Crippen LogP contribution >= 0.6 is 11.6 Å². The molecule has 15 heavy (non-hydrogen) atoms. The summed E-state index contributed by atoms with van der Waals surface area (Å²) in [5.74, 6) is -0.0312. The summed E-state index contributed by atoms with van der Waals surface area (Å²) < 4.78 is 0. The standard InChI is InChI=1S/C12H10ClNO/c1-7-3-4-9-11(14-7)6-5-10(13)12(9)8(2)15/h3-6H,1-2H3. The van der Waals surface area contributed by atoms with Crippen molar-refractivity contribution >= 4 is 28.3 Å². The third kappa shape index (κ3) is 1.73. The molecule has 3 heteroatoms. The number of hydrogen-bond donors (Lipinski definition) is 0. The first-order valence-corrected chi connectivity index (χ1v) is 5.04. The van der Waals surface area contributed by atoms with E-state index >= 15 is 0 Å². The van der Waals surface area contributed by atoms with E-state index in [0.717, 1.165) is 16.6 Å². The minimum Gasteiger partial charge on any atom is -0.294 e. The SMILES string of the molecule is CC(=O)c1c(Cl)ccc2nc(C)ccc12. The summed E-state index contributed by atoms with van der Waals surface area (Å²) in [4.78, 5) is 15.8. The molecule has 0 aliphatic carbocycles. The number of aryl methyl sites for hydroxylation is 1. The van der Waals surface area contributed by atoms with Gasteiger partial charge in [0.05, 0.1) is 10.5 Å². The fraction of sp³-hybridized carbons (Fsp3) is 0.167. The average Bonchev–Trinajstić information content (AvgIpc) is 2.17. The number of hydrogen-bond acceptors (Lipinski definition) is 2. The lowest BCUT2D eigenvalue weighted by atomic mass is 10.0. The minimum absolute atomic E-state index is 0.0312. The Morgan fingerprint density at radius 3 is 2.67 bits per heavy atom. The van der Waals surface area contributed by atoms with Crippen molar-refractivity contribution in [3.05, 3.63) is 40.5 Å². The molecule has 0 amide bonds. The molecule has 0 aliphatic rings. The summed E-state index contributed by atoms with van der Waals surface area (Å²) in [5.41, 5.74) is 2.30. The van der Waals surface area contributed by atoms with Crippen molar-refractivity contribution in [1.82, 2.24) is 4.98 Å². The first-order valence-electron chi connectivity index (χ1n) is 4.66. The topological polar surface area (TPSA) is 30.0 Å². The van der Waals surface area contributed by atoms with E-state index in [1.54, 1.807) is 6.07 Å². The van der Waals surface area contributed by atoms with Crippen LogP contribution in [0, 0.1) is 6.92 Å². The molecular formula is C12H10ClNO. The summed E-state index contributed by atoms with van der Waals surface area (Å²) in [7, 11) is 0. The molecule has 0 saturated carbocycles. The van der Waals surface area contributed by atoms with Crippen LogP contribution in [0.1, 0.15) is 23.0 Å². The second kappa shape index (κ2) is 3.63. The summed E-state index contributed by atoms with van der Waals surface area (Å²) >= 11 is 5.99. The molecule has 1 aromatic heterocycles. The van der Waals surface area contributed by atoms with Crippen molar-refractivity contribution in [3.8, 4) is 0 Å². The largest absolute Gasteiger partial charge is 0.294 e. The molecule has 2 aromatic rings. The van der Waals surface area contributed by atoms with Gasteiger partial charge in [-0.05, 0) is 32.0 Å². The van der Waals surface area contributed by atoms with E-state index in [1.165, 1.54) is 6.92 Å². The number of nitrogens with zero attached hydrogens (tertiary/aromatic N) is 1. The fourth-order valence-electron chi connectivity index (χ4n) is 1.64. The van der Waals surface area contributed by atoms with Crippen molar-refractivity contribution in [2.24, 2.45) is 0 Å². The van der Waals surface area contributed by atoms with Crippen LogP contribution in [-0.2, 0) is 0 Å². The summed E-state index contributed by atoms with van der Waals surface area (Å²) in [6.07, 6.45) is 0. The summed E-state index contributed by atoms with van der Waals surface area (Å²) in [5, 5.41) is 1.31. The molecule has 0 N–H and O–H groups in total. The highest BCUT2D eigenvalue weighted by Crippen LogP contribution is 2.25. The summed E-state index contributed by atoms with van der Waals surface area (Å²) in [6, 6.07) is 7.32. The first-order chi connectivity index (χ1) is 7.09. The highest BCUT2D eigenvalue weighted by atomic mass is 35.5. The molecule has 0 bridgehead atoms. The maximum absolute atomic E-state index is 11.5. The molecule has 0 spiro atoms. The molecule has 76 valence electrons. The molecule has 2 rings (SSSR count). The molecule has 0 atom stereocenters. The molecular weight excluding hydrogens is 210 g/mol. The summed E-state index contributed by atoms with van der Waals surface area (Å²) in [6.45, 7) is 3.43. The fourth-order valence-corrected chi connectivity index (χ4v) is 1.94. The van der Waals surface area contributed by atoms with Gasteiger partial charge in [0.25, 0.3) is 0 Å². The zero-order valence-electron chi connectivity index (χ0n) is 8.54. The van der Waals surface area contributed by atoms with Crippen molar-refractivity contribution in [1.29, 1.82) is 0 Å². The lowest BCUT2D eigenvalue weighted by Crippen LogP contribution is -1.96. The molecule has 0 aliphatic heterocycles. The zero-order valence-corrected chi connectivity index (χ0v) is 9.30. The molecule has 0 saturated heterocycles. The lowest BCUT2D eigenvalue weighted by molar-refractivity contribution is 0.101. The highest BCUT2D eigenvalue weighted by molar-refractivity contribution is 6.35. The van der Waals surface area contributed by atoms with Crippen LogP contribution in [0.5, 0.6) is 0 Å². The number of ketones is 1.